The van der Waals surface area contributed by atoms with E-state index in [4.69, 9.17) is 0 Å². The quantitative estimate of drug-likeness (QED) is 0.126. The predicted octanol–water partition coefficient (Wildman–Crippen LogP) is 16.1. The van der Waals surface area contributed by atoms with Crippen LogP contribution in [0.3, 0.4) is 0 Å². The molecule has 0 fully saturated rings. The molecule has 0 amide bonds. The van der Waals surface area contributed by atoms with E-state index in [0.717, 1.165) is 11.4 Å². The molecule has 0 aliphatic rings. The van der Waals surface area contributed by atoms with Gasteiger partial charge in [0.1, 0.15) is 0 Å². The fraction of sp³-hybridized carbons (Fsp3) is 0.0714. The second kappa shape index (κ2) is 12.8. The molecule has 11 aromatic rings. The van der Waals surface area contributed by atoms with Crippen LogP contribution in [0.5, 0.6) is 0 Å². The van der Waals surface area contributed by atoms with Gasteiger partial charge >= 0.3 is 0 Å². The Kier molecular flexibility index (Phi) is 7.50. The van der Waals surface area contributed by atoms with Gasteiger partial charge in [-0.1, -0.05) is 163 Å². The Morgan fingerprint density at radius 3 is 1.35 bits per heavy atom. The third-order valence-corrected chi connectivity index (χ3v) is 12.3. The first-order valence-electron chi connectivity index (χ1n) is 20.0. The Hall–Kier alpha value is -6.96. The van der Waals surface area contributed by atoms with Gasteiger partial charge in [-0.3, -0.25) is 0 Å². The number of hydrogen-bond acceptors (Lipinski definition) is 1. The lowest BCUT2D eigenvalue weighted by molar-refractivity contribution is 1.29. The largest absolute Gasteiger partial charge is 0.309 e. The van der Waals surface area contributed by atoms with Crippen molar-refractivity contribution in [1.29, 1.82) is 0 Å². The van der Waals surface area contributed by atoms with Crippen LogP contribution in [-0.2, 0) is 0 Å². The summed E-state index contributed by atoms with van der Waals surface area (Å²) in [5.41, 5.74) is 13.6. The first-order chi connectivity index (χ1) is 27.9. The molecule has 0 atom stereocenters. The zero-order chi connectivity index (χ0) is 38.4. The van der Waals surface area contributed by atoms with Crippen molar-refractivity contribution in [2.45, 2.75) is 27.7 Å². The van der Waals surface area contributed by atoms with Gasteiger partial charge in [0.2, 0.25) is 0 Å². The molecule has 11 rings (SSSR count). The molecule has 57 heavy (non-hydrogen) atoms. The molecule has 0 spiro atoms. The van der Waals surface area contributed by atoms with Crippen LogP contribution < -0.4 is 4.90 Å². The van der Waals surface area contributed by atoms with Crippen molar-refractivity contribution >= 4 is 81.7 Å². The highest BCUT2D eigenvalue weighted by Crippen LogP contribution is 2.50. The molecule has 0 unspecified atom stereocenters. The van der Waals surface area contributed by atoms with Gasteiger partial charge in [-0.05, 0) is 139 Å². The van der Waals surface area contributed by atoms with Crippen LogP contribution in [0.25, 0.3) is 86.9 Å². The summed E-state index contributed by atoms with van der Waals surface area (Å²) in [4.78, 5) is 2.45. The van der Waals surface area contributed by atoms with Crippen LogP contribution in [0.4, 0.5) is 17.1 Å². The molecule has 0 radical (unpaired) electrons. The summed E-state index contributed by atoms with van der Waals surface area (Å²) >= 11 is 0. The standard InChI is InChI=1S/C56H41N/c1-34-17-23-40(24-18-34)57(41-25-19-35(2)20-26-41)56-50-15-9-7-13-46(50)54(47-14-8-10-16-51(47)56)48-30-29-45(43-11-5-6-12-44(43)48)52-33-37(4)42-27-21-38-31-36(3)32-39-22-28-49(52)55(42)53(38)39/h5-33H,1-4H3. The van der Waals surface area contributed by atoms with Crippen molar-refractivity contribution in [2.24, 2.45) is 0 Å². The lowest BCUT2D eigenvalue weighted by atomic mass is 9.83. The lowest BCUT2D eigenvalue weighted by Crippen LogP contribution is -2.11. The summed E-state index contributed by atoms with van der Waals surface area (Å²) in [7, 11) is 0. The summed E-state index contributed by atoms with van der Waals surface area (Å²) in [6, 6.07) is 66.0. The molecule has 0 aromatic heterocycles. The Morgan fingerprint density at radius 2 is 0.789 bits per heavy atom. The molecule has 0 N–H and O–H groups in total. The molecule has 0 bridgehead atoms. The highest BCUT2D eigenvalue weighted by Gasteiger charge is 2.24. The first-order valence-corrected chi connectivity index (χ1v) is 20.0. The molecule has 0 heterocycles. The van der Waals surface area contributed by atoms with Gasteiger partial charge in [-0.2, -0.15) is 0 Å². The Labute approximate surface area is 333 Å². The van der Waals surface area contributed by atoms with Crippen LogP contribution in [0.2, 0.25) is 0 Å². The van der Waals surface area contributed by atoms with Crippen molar-refractivity contribution in [3.63, 3.8) is 0 Å². The van der Waals surface area contributed by atoms with Gasteiger partial charge in [0.15, 0.2) is 0 Å². The van der Waals surface area contributed by atoms with E-state index in [2.05, 4.69) is 209 Å². The molecule has 0 saturated heterocycles. The van der Waals surface area contributed by atoms with Gasteiger partial charge in [-0.25, -0.2) is 0 Å². The summed E-state index contributed by atoms with van der Waals surface area (Å²) in [5, 5.41) is 15.4. The Balaban J connectivity index is 1.20. The summed E-state index contributed by atoms with van der Waals surface area (Å²) in [6.07, 6.45) is 0. The summed E-state index contributed by atoms with van der Waals surface area (Å²) in [6.45, 7) is 8.78. The molecule has 0 saturated carbocycles. The van der Waals surface area contributed by atoms with E-state index in [1.54, 1.807) is 0 Å². The Bertz CT molecular complexity index is 3250. The van der Waals surface area contributed by atoms with Crippen LogP contribution in [0.1, 0.15) is 22.3 Å². The molecule has 0 aliphatic carbocycles. The predicted molar refractivity (Wildman–Crippen MR) is 247 cm³/mol. The van der Waals surface area contributed by atoms with E-state index in [1.165, 1.54) is 115 Å². The zero-order valence-electron chi connectivity index (χ0n) is 32.7. The van der Waals surface area contributed by atoms with E-state index in [1.807, 2.05) is 0 Å². The summed E-state index contributed by atoms with van der Waals surface area (Å²) in [5.74, 6) is 0. The second-order valence-corrected chi connectivity index (χ2v) is 16.0. The smallest absolute Gasteiger partial charge is 0.0618 e. The lowest BCUT2D eigenvalue weighted by Gasteiger charge is -2.30. The third kappa shape index (κ3) is 5.16. The van der Waals surface area contributed by atoms with Crippen LogP contribution in [0, 0.1) is 27.7 Å². The van der Waals surface area contributed by atoms with Gasteiger partial charge < -0.3 is 4.90 Å². The summed E-state index contributed by atoms with van der Waals surface area (Å²) < 4.78 is 0. The average Bonchev–Trinajstić information content (AvgIpc) is 3.24. The highest BCUT2D eigenvalue weighted by atomic mass is 15.1. The number of anilines is 3. The van der Waals surface area contributed by atoms with Gasteiger partial charge in [0.25, 0.3) is 0 Å². The third-order valence-electron chi connectivity index (χ3n) is 12.3. The van der Waals surface area contributed by atoms with Crippen molar-refractivity contribution in [3.8, 4) is 22.3 Å². The topological polar surface area (TPSA) is 3.24 Å². The number of aryl methyl sites for hydroxylation is 4. The Morgan fingerprint density at radius 1 is 0.316 bits per heavy atom. The van der Waals surface area contributed by atoms with Gasteiger partial charge in [-0.15, -0.1) is 0 Å². The molecule has 0 aliphatic heterocycles. The van der Waals surface area contributed by atoms with Gasteiger partial charge in [0.05, 0.1) is 5.69 Å². The van der Waals surface area contributed by atoms with Crippen molar-refractivity contribution in [2.75, 3.05) is 4.90 Å². The number of benzene rings is 11. The second-order valence-electron chi connectivity index (χ2n) is 16.0. The van der Waals surface area contributed by atoms with Gasteiger partial charge in [0, 0.05) is 22.1 Å². The van der Waals surface area contributed by atoms with Crippen molar-refractivity contribution < 1.29 is 0 Å². The minimum absolute atomic E-state index is 1.14. The molecular weight excluding hydrogens is 687 g/mol. The number of fused-ring (bicyclic) bond motifs is 3. The van der Waals surface area contributed by atoms with E-state index >= 15 is 0 Å². The van der Waals surface area contributed by atoms with Crippen LogP contribution >= 0.6 is 0 Å². The maximum atomic E-state index is 2.45. The molecule has 1 heteroatoms. The molecule has 1 nitrogen and oxygen atoms in total. The normalized spacial score (nSPS) is 11.9. The zero-order valence-corrected chi connectivity index (χ0v) is 32.7. The minimum Gasteiger partial charge on any atom is -0.309 e. The fourth-order valence-corrected chi connectivity index (χ4v) is 9.65. The highest BCUT2D eigenvalue weighted by molar-refractivity contribution is 6.28. The monoisotopic (exact) mass is 727 g/mol. The van der Waals surface area contributed by atoms with E-state index < -0.39 is 0 Å². The molecule has 11 aromatic carbocycles. The maximum absolute atomic E-state index is 2.45. The van der Waals surface area contributed by atoms with Crippen molar-refractivity contribution in [1.82, 2.24) is 0 Å². The average molecular weight is 728 g/mol. The molecule has 270 valence electrons. The maximum Gasteiger partial charge on any atom is 0.0618 e. The number of hydrogen-bond donors (Lipinski definition) is 0. The van der Waals surface area contributed by atoms with E-state index in [9.17, 15) is 0 Å². The van der Waals surface area contributed by atoms with E-state index in [-0.39, 0.29) is 0 Å². The SMILES string of the molecule is Cc1ccc(N(c2ccc(C)cc2)c2c3ccccc3c(-c3ccc(-c4cc(C)c5ccc6cc(C)cc7ccc4c5c67)c4ccccc34)c3ccccc23)cc1. The van der Waals surface area contributed by atoms with E-state index in [0.29, 0.717) is 0 Å². The molecular formula is C56H41N. The number of nitrogens with zero attached hydrogens (tertiary/aromatic N) is 1. The van der Waals surface area contributed by atoms with Crippen LogP contribution in [0.15, 0.2) is 176 Å². The van der Waals surface area contributed by atoms with Crippen molar-refractivity contribution in [3.05, 3.63) is 198 Å². The minimum atomic E-state index is 1.14. The fourth-order valence-electron chi connectivity index (χ4n) is 9.65. The first kappa shape index (κ1) is 33.4. The van der Waals surface area contributed by atoms with Crippen LogP contribution in [-0.4, -0.2) is 0 Å². The number of rotatable bonds is 5.